The van der Waals surface area contributed by atoms with E-state index in [4.69, 9.17) is 26.6 Å². The molecule has 6 nitrogen and oxygen atoms in total. The first-order chi connectivity index (χ1) is 14.9. The van der Waals surface area contributed by atoms with E-state index < -0.39 is 17.9 Å². The molecule has 1 fully saturated rings. The molecule has 1 aliphatic heterocycles. The SMILES string of the molecule is OC(O)CC1CCN(c2c(F)cc(-c3nccc(Oc4ccc(Cl)cc4)n3)cc2F)C1. The second-order valence-corrected chi connectivity index (χ2v) is 7.82. The zero-order chi connectivity index (χ0) is 22.0. The average molecular weight is 448 g/mol. The molecule has 1 unspecified atom stereocenters. The third-order valence-corrected chi connectivity index (χ3v) is 5.34. The Balaban J connectivity index is 1.55. The van der Waals surface area contributed by atoms with Crippen LogP contribution in [-0.2, 0) is 0 Å². The Morgan fingerprint density at radius 3 is 2.52 bits per heavy atom. The number of aliphatic hydroxyl groups is 2. The summed E-state index contributed by atoms with van der Waals surface area (Å²) in [5.74, 6) is -0.636. The van der Waals surface area contributed by atoms with Crippen molar-refractivity contribution in [3.8, 4) is 23.0 Å². The number of hydrogen-bond donors (Lipinski definition) is 2. The molecule has 2 N–H and O–H groups in total. The fourth-order valence-electron chi connectivity index (χ4n) is 3.68. The lowest BCUT2D eigenvalue weighted by atomic mass is 10.1. The summed E-state index contributed by atoms with van der Waals surface area (Å²) < 4.78 is 35.3. The normalized spacial score (nSPS) is 16.2. The smallest absolute Gasteiger partial charge is 0.222 e. The fraction of sp³-hybridized carbons (Fsp3) is 0.273. The molecular formula is C22H20ClF2N3O3. The second kappa shape index (κ2) is 9.13. The Labute approximate surface area is 182 Å². The Morgan fingerprint density at radius 2 is 1.84 bits per heavy atom. The van der Waals surface area contributed by atoms with Crippen LogP contribution in [0.2, 0.25) is 5.02 Å². The molecule has 3 aromatic rings. The highest BCUT2D eigenvalue weighted by Crippen LogP contribution is 2.33. The third kappa shape index (κ3) is 5.10. The molecule has 1 atom stereocenters. The Kier molecular flexibility index (Phi) is 6.31. The first-order valence-electron chi connectivity index (χ1n) is 9.76. The van der Waals surface area contributed by atoms with E-state index in [-0.39, 0.29) is 35.3 Å². The number of aliphatic hydroxyl groups excluding tert-OH is 1. The lowest BCUT2D eigenvalue weighted by Gasteiger charge is -2.21. The van der Waals surface area contributed by atoms with Gasteiger partial charge in [-0.25, -0.2) is 13.8 Å². The monoisotopic (exact) mass is 447 g/mol. The van der Waals surface area contributed by atoms with Gasteiger partial charge in [0.1, 0.15) is 23.1 Å². The molecule has 0 bridgehead atoms. The molecule has 4 rings (SSSR count). The van der Waals surface area contributed by atoms with Crippen LogP contribution < -0.4 is 9.64 Å². The van der Waals surface area contributed by atoms with Gasteiger partial charge >= 0.3 is 0 Å². The van der Waals surface area contributed by atoms with Crippen molar-refractivity contribution >= 4 is 17.3 Å². The topological polar surface area (TPSA) is 78.7 Å². The van der Waals surface area contributed by atoms with Crippen LogP contribution in [0.1, 0.15) is 12.8 Å². The number of halogens is 3. The highest BCUT2D eigenvalue weighted by Gasteiger charge is 2.28. The van der Waals surface area contributed by atoms with Crippen molar-refractivity contribution in [2.45, 2.75) is 19.1 Å². The number of hydrogen-bond acceptors (Lipinski definition) is 6. The average Bonchev–Trinajstić information content (AvgIpc) is 3.16. The van der Waals surface area contributed by atoms with Crippen molar-refractivity contribution in [2.24, 2.45) is 5.92 Å². The molecule has 9 heteroatoms. The van der Waals surface area contributed by atoms with E-state index in [9.17, 15) is 8.78 Å². The summed E-state index contributed by atoms with van der Waals surface area (Å²) >= 11 is 5.86. The predicted octanol–water partition coefficient (Wildman–Crippen LogP) is 4.39. The van der Waals surface area contributed by atoms with Crippen LogP contribution in [0.3, 0.4) is 0 Å². The fourth-order valence-corrected chi connectivity index (χ4v) is 3.81. The van der Waals surface area contributed by atoms with Crippen molar-refractivity contribution in [3.05, 3.63) is 65.3 Å². The number of nitrogens with zero attached hydrogens (tertiary/aromatic N) is 3. The molecule has 0 amide bonds. The number of rotatable bonds is 6. The van der Waals surface area contributed by atoms with Gasteiger partial charge in [0, 0.05) is 42.4 Å². The van der Waals surface area contributed by atoms with Gasteiger partial charge in [-0.1, -0.05) is 11.6 Å². The molecule has 1 aliphatic rings. The first kappa shape index (κ1) is 21.4. The van der Waals surface area contributed by atoms with Crippen LogP contribution in [0.25, 0.3) is 11.4 Å². The second-order valence-electron chi connectivity index (χ2n) is 7.38. The van der Waals surface area contributed by atoms with Crippen molar-refractivity contribution < 1.29 is 23.7 Å². The van der Waals surface area contributed by atoms with E-state index in [2.05, 4.69) is 9.97 Å². The zero-order valence-corrected chi connectivity index (χ0v) is 17.1. The van der Waals surface area contributed by atoms with Gasteiger partial charge in [-0.05, 0) is 48.7 Å². The molecule has 0 saturated carbocycles. The minimum Gasteiger partial charge on any atom is -0.439 e. The van der Waals surface area contributed by atoms with E-state index in [0.717, 1.165) is 0 Å². The summed E-state index contributed by atoms with van der Waals surface area (Å²) in [6.45, 7) is 0.789. The summed E-state index contributed by atoms with van der Waals surface area (Å²) in [6.07, 6.45) is 0.821. The van der Waals surface area contributed by atoms with Gasteiger partial charge in [0.15, 0.2) is 12.1 Å². The lowest BCUT2D eigenvalue weighted by molar-refractivity contribution is -0.0541. The van der Waals surface area contributed by atoms with E-state index in [1.54, 1.807) is 35.2 Å². The molecule has 0 spiro atoms. The highest BCUT2D eigenvalue weighted by molar-refractivity contribution is 6.30. The van der Waals surface area contributed by atoms with Gasteiger partial charge in [-0.2, -0.15) is 4.98 Å². The van der Waals surface area contributed by atoms with E-state index in [0.29, 0.717) is 30.3 Å². The van der Waals surface area contributed by atoms with Gasteiger partial charge in [0.2, 0.25) is 5.88 Å². The van der Waals surface area contributed by atoms with Gasteiger partial charge in [-0.3, -0.25) is 0 Å². The maximum atomic E-state index is 14.8. The van der Waals surface area contributed by atoms with E-state index in [1.807, 2.05) is 0 Å². The first-order valence-corrected chi connectivity index (χ1v) is 10.1. The number of ether oxygens (including phenoxy) is 1. The molecule has 1 saturated heterocycles. The highest BCUT2D eigenvalue weighted by atomic mass is 35.5. The van der Waals surface area contributed by atoms with Crippen LogP contribution in [0.5, 0.6) is 11.6 Å². The van der Waals surface area contributed by atoms with Gasteiger partial charge in [-0.15, -0.1) is 0 Å². The third-order valence-electron chi connectivity index (χ3n) is 5.09. The molecule has 2 heterocycles. The van der Waals surface area contributed by atoms with Crippen LogP contribution in [0.4, 0.5) is 14.5 Å². The molecule has 0 aliphatic carbocycles. The van der Waals surface area contributed by atoms with Gasteiger partial charge < -0.3 is 19.8 Å². The zero-order valence-electron chi connectivity index (χ0n) is 16.4. The molecule has 2 aromatic carbocycles. The number of benzene rings is 2. The lowest BCUT2D eigenvalue weighted by Crippen LogP contribution is -2.23. The Morgan fingerprint density at radius 1 is 1.13 bits per heavy atom. The van der Waals surface area contributed by atoms with Crippen molar-refractivity contribution in [3.63, 3.8) is 0 Å². The molecule has 162 valence electrons. The number of aromatic nitrogens is 2. The maximum absolute atomic E-state index is 14.8. The van der Waals surface area contributed by atoms with Crippen LogP contribution in [0, 0.1) is 17.6 Å². The summed E-state index contributed by atoms with van der Waals surface area (Å²) in [5, 5.41) is 18.8. The Bertz CT molecular complexity index is 1040. The molecule has 1 aromatic heterocycles. The summed E-state index contributed by atoms with van der Waals surface area (Å²) in [4.78, 5) is 9.94. The Hall–Kier alpha value is -2.81. The largest absolute Gasteiger partial charge is 0.439 e. The van der Waals surface area contributed by atoms with E-state index >= 15 is 0 Å². The summed E-state index contributed by atoms with van der Waals surface area (Å²) in [5.41, 5.74) is 0.0501. The minimum atomic E-state index is -1.43. The number of anilines is 1. The van der Waals surface area contributed by atoms with Crippen LogP contribution in [0.15, 0.2) is 48.7 Å². The molecule has 31 heavy (non-hydrogen) atoms. The standard InChI is InChI=1S/C22H20ClF2N3O3/c23-15-1-3-16(4-2-15)31-19-5-7-26-22(27-19)14-10-17(24)21(18(25)11-14)28-8-6-13(12-28)9-20(29)30/h1-5,7,10-11,13,20,29-30H,6,8-9,12H2. The summed E-state index contributed by atoms with van der Waals surface area (Å²) in [6, 6.07) is 10.6. The van der Waals surface area contributed by atoms with Crippen molar-refractivity contribution in [1.82, 2.24) is 9.97 Å². The van der Waals surface area contributed by atoms with Crippen LogP contribution in [-0.4, -0.2) is 39.6 Å². The van der Waals surface area contributed by atoms with E-state index in [1.165, 1.54) is 18.3 Å². The van der Waals surface area contributed by atoms with Crippen molar-refractivity contribution in [2.75, 3.05) is 18.0 Å². The van der Waals surface area contributed by atoms with Crippen LogP contribution >= 0.6 is 11.6 Å². The summed E-state index contributed by atoms with van der Waals surface area (Å²) in [7, 11) is 0. The minimum absolute atomic E-state index is 0.0384. The predicted molar refractivity (Wildman–Crippen MR) is 112 cm³/mol. The quantitative estimate of drug-likeness (QED) is 0.545. The van der Waals surface area contributed by atoms with Crippen molar-refractivity contribution in [1.29, 1.82) is 0 Å². The molecular weight excluding hydrogens is 428 g/mol. The van der Waals surface area contributed by atoms with Gasteiger partial charge in [0.05, 0.1) is 0 Å². The molecule has 0 radical (unpaired) electrons. The maximum Gasteiger partial charge on any atom is 0.222 e. The van der Waals surface area contributed by atoms with Gasteiger partial charge in [0.25, 0.3) is 0 Å².